The molecule has 0 radical (unpaired) electrons. The Labute approximate surface area is 133 Å². The lowest BCUT2D eigenvalue weighted by molar-refractivity contribution is 0.467. The SMILES string of the molecule is Cc1cc(Oc2nc(CCl)cc3ccccc23)ccc1Cl. The molecule has 106 valence electrons. The van der Waals surface area contributed by atoms with Crippen LogP contribution in [-0.2, 0) is 5.88 Å². The standard InChI is InChI=1S/C17H13Cl2NO/c1-11-8-14(6-7-16(11)19)21-17-15-5-3-2-4-12(15)9-13(10-18)20-17/h2-9H,10H2,1H3. The third kappa shape index (κ3) is 2.97. The van der Waals surface area contributed by atoms with Crippen LogP contribution in [0.3, 0.4) is 0 Å². The summed E-state index contributed by atoms with van der Waals surface area (Å²) in [7, 11) is 0. The predicted molar refractivity (Wildman–Crippen MR) is 87.6 cm³/mol. The average Bonchev–Trinajstić information content (AvgIpc) is 2.51. The van der Waals surface area contributed by atoms with E-state index in [0.717, 1.165) is 27.1 Å². The molecule has 0 fully saturated rings. The summed E-state index contributed by atoms with van der Waals surface area (Å²) in [6, 6.07) is 15.5. The maximum Gasteiger partial charge on any atom is 0.227 e. The summed E-state index contributed by atoms with van der Waals surface area (Å²) >= 11 is 12.0. The maximum absolute atomic E-state index is 6.04. The minimum absolute atomic E-state index is 0.348. The second-order valence-electron chi connectivity index (χ2n) is 4.79. The van der Waals surface area contributed by atoms with E-state index in [-0.39, 0.29) is 0 Å². The molecule has 0 atom stereocenters. The van der Waals surface area contributed by atoms with E-state index >= 15 is 0 Å². The van der Waals surface area contributed by atoms with Gasteiger partial charge in [-0.3, -0.25) is 0 Å². The molecule has 0 bridgehead atoms. The molecule has 4 heteroatoms. The molecule has 3 rings (SSSR count). The Balaban J connectivity index is 2.08. The van der Waals surface area contributed by atoms with Gasteiger partial charge in [0, 0.05) is 10.4 Å². The monoisotopic (exact) mass is 317 g/mol. The van der Waals surface area contributed by atoms with Crippen LogP contribution < -0.4 is 4.74 Å². The minimum Gasteiger partial charge on any atom is -0.438 e. The van der Waals surface area contributed by atoms with Crippen LogP contribution >= 0.6 is 23.2 Å². The molecule has 21 heavy (non-hydrogen) atoms. The number of nitrogens with zero attached hydrogens (tertiary/aromatic N) is 1. The van der Waals surface area contributed by atoms with Gasteiger partial charge in [-0.15, -0.1) is 11.6 Å². The van der Waals surface area contributed by atoms with E-state index in [2.05, 4.69) is 4.98 Å². The smallest absolute Gasteiger partial charge is 0.227 e. The summed E-state index contributed by atoms with van der Waals surface area (Å²) in [5.41, 5.74) is 1.75. The van der Waals surface area contributed by atoms with Gasteiger partial charge in [0.25, 0.3) is 0 Å². The zero-order valence-corrected chi connectivity index (χ0v) is 12.9. The highest BCUT2D eigenvalue weighted by atomic mass is 35.5. The highest BCUT2D eigenvalue weighted by Gasteiger charge is 2.08. The number of aryl methyl sites for hydroxylation is 1. The Morgan fingerprint density at radius 1 is 1.10 bits per heavy atom. The number of benzene rings is 2. The van der Waals surface area contributed by atoms with Crippen LogP contribution in [0, 0.1) is 6.92 Å². The third-order valence-corrected chi connectivity index (χ3v) is 3.94. The Hall–Kier alpha value is -1.77. The van der Waals surface area contributed by atoms with Crippen LogP contribution in [0.25, 0.3) is 10.8 Å². The molecule has 0 aliphatic heterocycles. The van der Waals surface area contributed by atoms with Crippen LogP contribution in [0.15, 0.2) is 48.5 Å². The first-order valence-electron chi connectivity index (χ1n) is 6.56. The molecular weight excluding hydrogens is 305 g/mol. The molecule has 2 aromatic carbocycles. The van der Waals surface area contributed by atoms with E-state index in [4.69, 9.17) is 27.9 Å². The van der Waals surface area contributed by atoms with Crippen molar-refractivity contribution in [3.63, 3.8) is 0 Å². The first-order chi connectivity index (χ1) is 10.2. The molecule has 1 heterocycles. The van der Waals surface area contributed by atoms with Gasteiger partial charge in [0.1, 0.15) is 5.75 Å². The van der Waals surface area contributed by atoms with E-state index in [1.165, 1.54) is 0 Å². The Morgan fingerprint density at radius 3 is 2.67 bits per heavy atom. The summed E-state index contributed by atoms with van der Waals surface area (Å²) < 4.78 is 5.94. The number of aromatic nitrogens is 1. The van der Waals surface area contributed by atoms with Crippen LogP contribution in [-0.4, -0.2) is 4.98 Å². The number of alkyl halides is 1. The topological polar surface area (TPSA) is 22.1 Å². The van der Waals surface area contributed by atoms with Gasteiger partial charge in [0.2, 0.25) is 5.88 Å². The van der Waals surface area contributed by atoms with Gasteiger partial charge in [0.15, 0.2) is 0 Å². The summed E-state index contributed by atoms with van der Waals surface area (Å²) in [6.45, 7) is 1.94. The number of hydrogen-bond acceptors (Lipinski definition) is 2. The highest BCUT2D eigenvalue weighted by molar-refractivity contribution is 6.31. The lowest BCUT2D eigenvalue weighted by Gasteiger charge is -2.10. The molecule has 0 saturated heterocycles. The molecule has 0 aliphatic carbocycles. The number of ether oxygens (including phenoxy) is 1. The van der Waals surface area contributed by atoms with E-state index in [0.29, 0.717) is 17.5 Å². The normalized spacial score (nSPS) is 10.8. The fourth-order valence-electron chi connectivity index (χ4n) is 2.16. The minimum atomic E-state index is 0.348. The zero-order valence-electron chi connectivity index (χ0n) is 11.4. The van der Waals surface area contributed by atoms with Crippen molar-refractivity contribution in [1.29, 1.82) is 0 Å². The number of fused-ring (bicyclic) bond motifs is 1. The third-order valence-electron chi connectivity index (χ3n) is 3.24. The fourth-order valence-corrected chi connectivity index (χ4v) is 2.41. The average molecular weight is 318 g/mol. The molecule has 0 N–H and O–H groups in total. The Bertz CT molecular complexity index is 802. The zero-order chi connectivity index (χ0) is 14.8. The number of halogens is 2. The molecule has 2 nitrogen and oxygen atoms in total. The second kappa shape index (κ2) is 5.92. The number of hydrogen-bond donors (Lipinski definition) is 0. The van der Waals surface area contributed by atoms with E-state index in [9.17, 15) is 0 Å². The van der Waals surface area contributed by atoms with Crippen molar-refractivity contribution in [3.05, 3.63) is 64.8 Å². The molecule has 0 unspecified atom stereocenters. The summed E-state index contributed by atoms with van der Waals surface area (Å²) in [5.74, 6) is 1.62. The quantitative estimate of drug-likeness (QED) is 0.576. The van der Waals surface area contributed by atoms with Crippen LogP contribution in [0.1, 0.15) is 11.3 Å². The van der Waals surface area contributed by atoms with Gasteiger partial charge in [-0.2, -0.15) is 0 Å². The summed E-state index contributed by atoms with van der Waals surface area (Å²) in [5, 5.41) is 2.73. The molecule has 0 aliphatic rings. The van der Waals surface area contributed by atoms with Crippen molar-refractivity contribution >= 4 is 34.0 Å². The summed E-state index contributed by atoms with van der Waals surface area (Å²) in [6.07, 6.45) is 0. The predicted octanol–water partition coefficient (Wildman–Crippen LogP) is 5.73. The van der Waals surface area contributed by atoms with Gasteiger partial charge in [0.05, 0.1) is 11.6 Å². The molecular formula is C17H13Cl2NO. The second-order valence-corrected chi connectivity index (χ2v) is 5.46. The van der Waals surface area contributed by atoms with Gasteiger partial charge in [-0.05, 0) is 48.2 Å². The lowest BCUT2D eigenvalue weighted by Crippen LogP contribution is -1.94. The maximum atomic E-state index is 6.04. The van der Waals surface area contributed by atoms with E-state index < -0.39 is 0 Å². The van der Waals surface area contributed by atoms with Crippen LogP contribution in [0.2, 0.25) is 5.02 Å². The van der Waals surface area contributed by atoms with Crippen molar-refractivity contribution in [3.8, 4) is 11.6 Å². The largest absolute Gasteiger partial charge is 0.438 e. The Kier molecular flexibility index (Phi) is 4.00. The summed E-state index contributed by atoms with van der Waals surface area (Å²) in [4.78, 5) is 4.48. The lowest BCUT2D eigenvalue weighted by atomic mass is 10.1. The number of rotatable bonds is 3. The van der Waals surface area contributed by atoms with Gasteiger partial charge in [-0.25, -0.2) is 4.98 Å². The first kappa shape index (κ1) is 14.2. The van der Waals surface area contributed by atoms with Crippen LogP contribution in [0.4, 0.5) is 0 Å². The van der Waals surface area contributed by atoms with E-state index in [1.54, 1.807) is 0 Å². The first-order valence-corrected chi connectivity index (χ1v) is 7.47. The number of pyridine rings is 1. The van der Waals surface area contributed by atoms with Crippen molar-refractivity contribution in [2.45, 2.75) is 12.8 Å². The van der Waals surface area contributed by atoms with Gasteiger partial charge >= 0.3 is 0 Å². The van der Waals surface area contributed by atoms with Gasteiger partial charge < -0.3 is 4.74 Å². The van der Waals surface area contributed by atoms with Crippen LogP contribution in [0.5, 0.6) is 11.6 Å². The van der Waals surface area contributed by atoms with Gasteiger partial charge in [-0.1, -0.05) is 29.8 Å². The van der Waals surface area contributed by atoms with E-state index in [1.807, 2.05) is 55.5 Å². The molecule has 3 aromatic rings. The van der Waals surface area contributed by atoms with Crippen molar-refractivity contribution in [2.24, 2.45) is 0 Å². The fraction of sp³-hybridized carbons (Fsp3) is 0.118. The van der Waals surface area contributed by atoms with Crippen molar-refractivity contribution in [2.75, 3.05) is 0 Å². The Morgan fingerprint density at radius 2 is 1.90 bits per heavy atom. The van der Waals surface area contributed by atoms with Crippen molar-refractivity contribution < 1.29 is 4.74 Å². The molecule has 0 amide bonds. The molecule has 0 spiro atoms. The van der Waals surface area contributed by atoms with Crippen molar-refractivity contribution in [1.82, 2.24) is 4.98 Å². The highest BCUT2D eigenvalue weighted by Crippen LogP contribution is 2.30. The molecule has 0 saturated carbocycles. The molecule has 1 aromatic heterocycles.